The van der Waals surface area contributed by atoms with Crippen LogP contribution in [0.2, 0.25) is 10.0 Å². The predicted octanol–water partition coefficient (Wildman–Crippen LogP) is 2.59. The van der Waals surface area contributed by atoms with Crippen molar-refractivity contribution in [1.29, 1.82) is 0 Å². The summed E-state index contributed by atoms with van der Waals surface area (Å²) in [4.78, 5) is 11.8. The molecule has 2 aromatic rings. The van der Waals surface area contributed by atoms with Gasteiger partial charge in [0.05, 0.1) is 11.4 Å². The van der Waals surface area contributed by atoms with E-state index in [2.05, 4.69) is 10.0 Å². The largest absolute Gasteiger partial charge is 0.351 e. The lowest BCUT2D eigenvalue weighted by Gasteiger charge is -2.09. The van der Waals surface area contributed by atoms with Crippen LogP contribution in [0.15, 0.2) is 53.4 Å². The first kappa shape index (κ1) is 17.7. The minimum Gasteiger partial charge on any atom is -0.351 e. The SMILES string of the molecule is O=C(CNS(=O)(=O)c1cccc(Cl)c1)NCc1ccccc1Cl. The lowest BCUT2D eigenvalue weighted by molar-refractivity contribution is -0.120. The molecule has 8 heteroatoms. The number of rotatable bonds is 6. The Labute approximate surface area is 144 Å². The minimum absolute atomic E-state index is 0.00361. The molecule has 0 saturated carbocycles. The zero-order valence-corrected chi connectivity index (χ0v) is 14.3. The summed E-state index contributed by atoms with van der Waals surface area (Å²) in [6, 6.07) is 12.9. The van der Waals surface area contributed by atoms with E-state index >= 15 is 0 Å². The van der Waals surface area contributed by atoms with Crippen LogP contribution >= 0.6 is 23.2 Å². The van der Waals surface area contributed by atoms with Crippen molar-refractivity contribution in [3.63, 3.8) is 0 Å². The van der Waals surface area contributed by atoms with Gasteiger partial charge in [-0.2, -0.15) is 0 Å². The van der Waals surface area contributed by atoms with Crippen molar-refractivity contribution in [3.8, 4) is 0 Å². The van der Waals surface area contributed by atoms with E-state index in [1.54, 1.807) is 30.3 Å². The van der Waals surface area contributed by atoms with Crippen molar-refractivity contribution in [2.75, 3.05) is 6.54 Å². The normalized spacial score (nSPS) is 11.2. The van der Waals surface area contributed by atoms with Gasteiger partial charge in [-0.1, -0.05) is 47.5 Å². The number of sulfonamides is 1. The van der Waals surface area contributed by atoms with E-state index in [1.165, 1.54) is 18.2 Å². The molecule has 2 rings (SSSR count). The second-order valence-electron chi connectivity index (χ2n) is 4.65. The standard InChI is InChI=1S/C15H14Cl2N2O3S/c16-12-5-3-6-13(8-12)23(21,22)19-10-15(20)18-9-11-4-1-2-7-14(11)17/h1-8,19H,9-10H2,(H,18,20). The molecule has 0 aliphatic carbocycles. The maximum atomic E-state index is 12.0. The molecule has 0 spiro atoms. The van der Waals surface area contributed by atoms with E-state index in [9.17, 15) is 13.2 Å². The lowest BCUT2D eigenvalue weighted by Crippen LogP contribution is -2.36. The molecule has 5 nitrogen and oxygen atoms in total. The highest BCUT2D eigenvalue weighted by atomic mass is 35.5. The molecule has 0 aromatic heterocycles. The Balaban J connectivity index is 1.90. The molecule has 0 aliphatic heterocycles. The van der Waals surface area contributed by atoms with Crippen molar-refractivity contribution in [3.05, 3.63) is 64.1 Å². The molecule has 1 amide bonds. The van der Waals surface area contributed by atoms with E-state index in [4.69, 9.17) is 23.2 Å². The summed E-state index contributed by atoms with van der Waals surface area (Å²) < 4.78 is 26.3. The number of amides is 1. The van der Waals surface area contributed by atoms with Gasteiger partial charge in [0.25, 0.3) is 0 Å². The molecular formula is C15H14Cl2N2O3S. The number of benzene rings is 2. The highest BCUT2D eigenvalue weighted by Gasteiger charge is 2.15. The van der Waals surface area contributed by atoms with Gasteiger partial charge in [-0.15, -0.1) is 0 Å². The molecule has 0 saturated heterocycles. The summed E-state index contributed by atoms with van der Waals surface area (Å²) in [5, 5.41) is 3.44. The van der Waals surface area contributed by atoms with Gasteiger partial charge in [-0.25, -0.2) is 13.1 Å². The van der Waals surface area contributed by atoms with Crippen molar-refractivity contribution in [1.82, 2.24) is 10.0 Å². The Morgan fingerprint density at radius 1 is 1.04 bits per heavy atom. The van der Waals surface area contributed by atoms with E-state index in [1.807, 2.05) is 0 Å². The van der Waals surface area contributed by atoms with Crippen LogP contribution in [0, 0.1) is 0 Å². The zero-order valence-electron chi connectivity index (χ0n) is 11.9. The summed E-state index contributed by atoms with van der Waals surface area (Å²) >= 11 is 11.7. The Bertz CT molecular complexity index is 810. The summed E-state index contributed by atoms with van der Waals surface area (Å²) in [7, 11) is -3.79. The Morgan fingerprint density at radius 2 is 1.78 bits per heavy atom. The molecule has 2 N–H and O–H groups in total. The van der Waals surface area contributed by atoms with Crippen molar-refractivity contribution in [2.45, 2.75) is 11.4 Å². The van der Waals surface area contributed by atoms with Crippen molar-refractivity contribution < 1.29 is 13.2 Å². The summed E-state index contributed by atoms with van der Waals surface area (Å²) in [6.07, 6.45) is 0. The van der Waals surface area contributed by atoms with Gasteiger partial charge in [0, 0.05) is 16.6 Å². The number of carbonyl (C=O) groups is 1. The van der Waals surface area contributed by atoms with Crippen LogP contribution in [0.5, 0.6) is 0 Å². The summed E-state index contributed by atoms with van der Waals surface area (Å²) in [5.74, 6) is -0.462. The van der Waals surface area contributed by atoms with Gasteiger partial charge >= 0.3 is 0 Å². The van der Waals surface area contributed by atoms with E-state index in [-0.39, 0.29) is 18.0 Å². The highest BCUT2D eigenvalue weighted by molar-refractivity contribution is 7.89. The topological polar surface area (TPSA) is 75.3 Å². The lowest BCUT2D eigenvalue weighted by atomic mass is 10.2. The predicted molar refractivity (Wildman–Crippen MR) is 89.9 cm³/mol. The first-order valence-electron chi connectivity index (χ1n) is 6.64. The molecular weight excluding hydrogens is 359 g/mol. The van der Waals surface area contributed by atoms with Crippen molar-refractivity contribution in [2.24, 2.45) is 0 Å². The van der Waals surface area contributed by atoms with Crippen LogP contribution in [0.4, 0.5) is 0 Å². The average molecular weight is 373 g/mol. The van der Waals surface area contributed by atoms with Gasteiger partial charge in [-0.05, 0) is 29.8 Å². The van der Waals surface area contributed by atoms with Crippen molar-refractivity contribution >= 4 is 39.1 Å². The van der Waals surface area contributed by atoms with E-state index in [0.717, 1.165) is 5.56 Å². The van der Waals surface area contributed by atoms with Crippen LogP contribution in [-0.2, 0) is 21.4 Å². The molecule has 2 aromatic carbocycles. The number of carbonyl (C=O) groups excluding carboxylic acids is 1. The zero-order chi connectivity index (χ0) is 16.9. The number of hydrogen-bond donors (Lipinski definition) is 2. The van der Waals surface area contributed by atoms with Crippen LogP contribution in [0.25, 0.3) is 0 Å². The third kappa shape index (κ3) is 5.21. The fourth-order valence-corrected chi connectivity index (χ4v) is 3.26. The molecule has 0 heterocycles. The van der Waals surface area contributed by atoms with Gasteiger partial charge < -0.3 is 5.32 Å². The molecule has 0 unspecified atom stereocenters. The van der Waals surface area contributed by atoms with Gasteiger partial charge in [0.1, 0.15) is 0 Å². The fourth-order valence-electron chi connectivity index (χ4n) is 1.78. The first-order valence-corrected chi connectivity index (χ1v) is 8.88. The van der Waals surface area contributed by atoms with E-state index in [0.29, 0.717) is 10.0 Å². The molecule has 0 radical (unpaired) electrons. The first-order chi connectivity index (χ1) is 10.9. The third-order valence-corrected chi connectivity index (χ3v) is 4.97. The molecule has 0 bridgehead atoms. The third-order valence-electron chi connectivity index (χ3n) is 2.96. The summed E-state index contributed by atoms with van der Waals surface area (Å²) in [6.45, 7) is -0.156. The van der Waals surface area contributed by atoms with Gasteiger partial charge in [-0.3, -0.25) is 4.79 Å². The molecule has 0 aliphatic rings. The molecule has 0 fully saturated rings. The minimum atomic E-state index is -3.79. The Kier molecular flexibility index (Phi) is 6.01. The van der Waals surface area contributed by atoms with Crippen LogP contribution in [0.3, 0.4) is 0 Å². The van der Waals surface area contributed by atoms with Crippen LogP contribution < -0.4 is 10.0 Å². The Hall–Kier alpha value is -1.60. The molecule has 23 heavy (non-hydrogen) atoms. The van der Waals surface area contributed by atoms with Crippen LogP contribution in [-0.4, -0.2) is 20.9 Å². The second kappa shape index (κ2) is 7.79. The van der Waals surface area contributed by atoms with Gasteiger partial charge in [0.15, 0.2) is 0 Å². The number of nitrogens with one attached hydrogen (secondary N) is 2. The van der Waals surface area contributed by atoms with Gasteiger partial charge in [0.2, 0.25) is 15.9 Å². The Morgan fingerprint density at radius 3 is 2.48 bits per heavy atom. The molecule has 122 valence electrons. The smallest absolute Gasteiger partial charge is 0.241 e. The highest BCUT2D eigenvalue weighted by Crippen LogP contribution is 2.15. The number of hydrogen-bond acceptors (Lipinski definition) is 3. The fraction of sp³-hybridized carbons (Fsp3) is 0.133. The maximum Gasteiger partial charge on any atom is 0.241 e. The summed E-state index contributed by atoms with van der Waals surface area (Å²) in [5.41, 5.74) is 0.750. The monoisotopic (exact) mass is 372 g/mol. The quantitative estimate of drug-likeness (QED) is 0.817. The van der Waals surface area contributed by atoms with Crippen LogP contribution in [0.1, 0.15) is 5.56 Å². The van der Waals surface area contributed by atoms with E-state index < -0.39 is 15.9 Å². The average Bonchev–Trinajstić information content (AvgIpc) is 2.52. The number of halogens is 2. The molecule has 0 atom stereocenters. The maximum absolute atomic E-state index is 12.0. The second-order valence-corrected chi connectivity index (χ2v) is 7.26.